The van der Waals surface area contributed by atoms with E-state index in [0.29, 0.717) is 0 Å². The van der Waals surface area contributed by atoms with Crippen molar-refractivity contribution in [2.75, 3.05) is 105 Å². The molecule has 10 heterocycles. The number of halogens is 16. The molecule has 0 saturated carbocycles. The van der Waals surface area contributed by atoms with E-state index in [-0.39, 0.29) is 89.5 Å². The van der Waals surface area contributed by atoms with E-state index < -0.39 is 29.0 Å². The van der Waals surface area contributed by atoms with Crippen LogP contribution in [0.2, 0.25) is 0 Å². The predicted molar refractivity (Wildman–Crippen MR) is 375 cm³/mol. The molecule has 0 spiro atoms. The van der Waals surface area contributed by atoms with E-state index in [2.05, 4.69) is 176 Å². The van der Waals surface area contributed by atoms with Gasteiger partial charge in [-0.25, -0.2) is 0 Å². The summed E-state index contributed by atoms with van der Waals surface area (Å²) in [4.78, 5) is 57.7. The average molecular weight is 1910 g/mol. The normalized spacial score (nSPS) is 15.9. The molecule has 0 N–H and O–H groups in total. The maximum Gasteiger partial charge on any atom is 1.00 e. The van der Waals surface area contributed by atoms with E-state index >= 15 is 0 Å². The Morgan fingerprint density at radius 2 is 0.287 bits per heavy atom. The van der Waals surface area contributed by atoms with Gasteiger partial charge in [-0.05, 0) is 175 Å². The van der Waals surface area contributed by atoms with Gasteiger partial charge in [0.2, 0.25) is 0 Å². The topological polar surface area (TPSA) is 129 Å². The van der Waals surface area contributed by atoms with Gasteiger partial charge in [0.25, 0.3) is 0 Å². The minimum atomic E-state index is -6.00. The van der Waals surface area contributed by atoms with Gasteiger partial charge in [0.05, 0.1) is 45.6 Å². The van der Waals surface area contributed by atoms with Gasteiger partial charge in [0, 0.05) is 154 Å². The van der Waals surface area contributed by atoms with E-state index in [0.717, 1.165) is 228 Å². The first-order valence-electron chi connectivity index (χ1n) is 34.1. The zero-order valence-corrected chi connectivity index (χ0v) is 64.9. The molecule has 0 amide bonds. The molecule has 108 heavy (non-hydrogen) atoms. The van der Waals surface area contributed by atoms with Crippen LogP contribution in [0, 0.1) is 0 Å². The minimum Gasteiger partial charge on any atom is -0.418 e. The van der Waals surface area contributed by atoms with E-state index in [1.807, 2.05) is 98.1 Å². The molecular formula is C68H88Ag4B4F16N16. The average Bonchev–Trinajstić information content (AvgIpc) is 0.927. The smallest absolute Gasteiger partial charge is 0.418 e. The number of pyridine rings is 8. The van der Waals surface area contributed by atoms with Crippen LogP contribution in [0.3, 0.4) is 0 Å². The molecule has 0 unspecified atom stereocenters. The maximum atomic E-state index is 9.75. The van der Waals surface area contributed by atoms with Gasteiger partial charge in [-0.3, -0.25) is 79.1 Å². The first-order valence-corrected chi connectivity index (χ1v) is 34.1. The summed E-state index contributed by atoms with van der Waals surface area (Å²) in [5, 5.41) is 0. The zero-order valence-electron chi connectivity index (χ0n) is 59.0. The van der Waals surface area contributed by atoms with Crippen LogP contribution < -0.4 is 0 Å². The molecule has 0 aliphatic carbocycles. The van der Waals surface area contributed by atoms with Crippen molar-refractivity contribution >= 4 is 29.0 Å². The van der Waals surface area contributed by atoms with E-state index in [1.54, 1.807) is 0 Å². The van der Waals surface area contributed by atoms with Crippen LogP contribution in [0.4, 0.5) is 69.1 Å². The van der Waals surface area contributed by atoms with Crippen LogP contribution in [0.15, 0.2) is 195 Å². The van der Waals surface area contributed by atoms with E-state index in [9.17, 15) is 69.1 Å². The second-order valence-electron chi connectivity index (χ2n) is 24.2. The molecule has 16 nitrogen and oxygen atoms in total. The Hall–Kier alpha value is -5.02. The molecule has 0 radical (unpaired) electrons. The summed E-state index contributed by atoms with van der Waals surface area (Å²) in [6.45, 7) is 23.2. The van der Waals surface area contributed by atoms with Gasteiger partial charge >= 0.3 is 119 Å². The molecule has 40 heteroatoms. The summed E-state index contributed by atoms with van der Waals surface area (Å²) in [7, 11) is -24.0. The standard InChI is InChI=1S/2C34H44N8.4Ag.4BF4/c2*1-5-15-35-31(11-1)27-39-19-9-20-41(29-33-13-3-7-17-37-33)25-26-42(30-34-14-4-8-18-38-34)22-10-21-40(24-23-39)28-32-12-2-6-16-36-32;;;;;4*2-1(3,4)5/h2*1-8,11-18H,9-10,19-30H2;;;;;;;;/q;;4*+1;4*-1. The number of rotatable bonds is 16. The van der Waals surface area contributed by atoms with Crippen molar-refractivity contribution in [3.63, 3.8) is 0 Å². The van der Waals surface area contributed by atoms with Crippen LogP contribution in [0.25, 0.3) is 0 Å². The Kier molecular flexibility index (Phi) is 53.4. The third-order valence-electron chi connectivity index (χ3n) is 15.6. The van der Waals surface area contributed by atoms with Crippen molar-refractivity contribution in [1.29, 1.82) is 0 Å². The molecule has 0 bridgehead atoms. The van der Waals surface area contributed by atoms with Crippen LogP contribution in [0.5, 0.6) is 0 Å². The number of nitrogens with zero attached hydrogens (tertiary/aromatic N) is 16. The fraction of sp³-hybridized carbons (Fsp3) is 0.412. The second-order valence-corrected chi connectivity index (χ2v) is 24.2. The predicted octanol–water partition coefficient (Wildman–Crippen LogP) is 13.9. The summed E-state index contributed by atoms with van der Waals surface area (Å²) >= 11 is 0. The Labute approximate surface area is 685 Å². The van der Waals surface area contributed by atoms with Crippen molar-refractivity contribution in [1.82, 2.24) is 79.1 Å². The molecule has 0 atom stereocenters. The Balaban J connectivity index is 0.000000837. The molecule has 2 fully saturated rings. The van der Waals surface area contributed by atoms with Gasteiger partial charge in [0.1, 0.15) is 0 Å². The summed E-state index contributed by atoms with van der Waals surface area (Å²) in [6, 6.07) is 49.8. The van der Waals surface area contributed by atoms with E-state index in [4.69, 9.17) is 0 Å². The van der Waals surface area contributed by atoms with Crippen LogP contribution in [-0.4, -0.2) is 213 Å². The third-order valence-corrected chi connectivity index (χ3v) is 15.6. The fourth-order valence-corrected chi connectivity index (χ4v) is 11.1. The third kappa shape index (κ3) is 55.4. The van der Waals surface area contributed by atoms with Gasteiger partial charge in [-0.15, -0.1) is 0 Å². The minimum absolute atomic E-state index is 0. The Morgan fingerprint density at radius 1 is 0.185 bits per heavy atom. The largest absolute Gasteiger partial charge is 1.00 e. The molecule has 2 saturated heterocycles. The molecule has 2 aliphatic rings. The molecule has 8 aromatic heterocycles. The first-order chi connectivity index (χ1) is 49.6. The maximum absolute atomic E-state index is 9.75. The summed E-state index contributed by atoms with van der Waals surface area (Å²) in [6.07, 6.45) is 19.6. The van der Waals surface area contributed by atoms with Crippen molar-refractivity contribution in [3.05, 3.63) is 241 Å². The van der Waals surface area contributed by atoms with Gasteiger partial charge in [0.15, 0.2) is 0 Å². The number of hydrogen-bond donors (Lipinski definition) is 0. The quantitative estimate of drug-likeness (QED) is 0.0671. The van der Waals surface area contributed by atoms with Crippen LogP contribution >= 0.6 is 0 Å². The molecule has 10 rings (SSSR count). The zero-order chi connectivity index (χ0) is 75.3. The van der Waals surface area contributed by atoms with Crippen molar-refractivity contribution in [2.45, 2.75) is 78.0 Å². The molecule has 8 aromatic rings. The molecular weight excluding hydrogens is 1820 g/mol. The summed E-state index contributed by atoms with van der Waals surface area (Å²) in [5.74, 6) is 0. The van der Waals surface area contributed by atoms with Crippen LogP contribution in [-0.2, 0) is 142 Å². The van der Waals surface area contributed by atoms with E-state index in [1.165, 1.54) is 0 Å². The van der Waals surface area contributed by atoms with Crippen molar-refractivity contribution in [2.24, 2.45) is 0 Å². The summed E-state index contributed by atoms with van der Waals surface area (Å²) < 4.78 is 156. The fourth-order valence-electron chi connectivity index (χ4n) is 11.1. The van der Waals surface area contributed by atoms with Gasteiger partial charge in [-0.2, -0.15) is 0 Å². The SMILES string of the molecule is F[B-](F)(F)F.F[B-](F)(F)F.F[B-](F)(F)F.F[B-](F)(F)F.[Ag+].[Ag+].[Ag+].[Ag+].c1ccc(CN2CCCN(Cc3ccccn3)CCN(Cc3ccccn3)CCCN(Cc3ccccn3)CC2)nc1.c1ccc(CN2CCCN(Cc3ccccn3)CCN(Cc3ccccn3)CCCN(Cc3ccccn3)CC2)nc1. The number of aromatic nitrogens is 8. The summed E-state index contributed by atoms with van der Waals surface area (Å²) in [5.41, 5.74) is 9.04. The number of hydrogen-bond acceptors (Lipinski definition) is 16. The first kappa shape index (κ1) is 101. The van der Waals surface area contributed by atoms with Crippen molar-refractivity contribution < 1.29 is 159 Å². The Bertz CT molecular complexity index is 2770. The van der Waals surface area contributed by atoms with Gasteiger partial charge in [-0.1, -0.05) is 48.5 Å². The van der Waals surface area contributed by atoms with Crippen molar-refractivity contribution in [3.8, 4) is 0 Å². The molecule has 608 valence electrons. The molecule has 0 aromatic carbocycles. The Morgan fingerprint density at radius 3 is 0.370 bits per heavy atom. The second kappa shape index (κ2) is 57.1. The van der Waals surface area contributed by atoms with Gasteiger partial charge < -0.3 is 69.1 Å². The molecule has 2 aliphatic heterocycles. The van der Waals surface area contributed by atoms with Crippen LogP contribution in [0.1, 0.15) is 71.2 Å². The monoisotopic (exact) mass is 1900 g/mol.